The number of hydrogen-bond acceptors (Lipinski definition) is 4. The van der Waals surface area contributed by atoms with Crippen LogP contribution in [-0.2, 0) is 6.54 Å². The maximum Gasteiger partial charge on any atom is 0.280 e. The molecule has 3 N–H and O–H groups in total. The number of aromatic nitrogens is 4. The first kappa shape index (κ1) is 21.5. The van der Waals surface area contributed by atoms with Crippen molar-refractivity contribution in [1.29, 1.82) is 0 Å². The summed E-state index contributed by atoms with van der Waals surface area (Å²) in [7, 11) is 0. The molecule has 0 aliphatic heterocycles. The molecule has 0 saturated heterocycles. The highest BCUT2D eigenvalue weighted by atomic mass is 16.1. The van der Waals surface area contributed by atoms with Crippen LogP contribution in [0.2, 0.25) is 0 Å². The molecule has 6 nitrogen and oxygen atoms in total. The summed E-state index contributed by atoms with van der Waals surface area (Å²) in [5, 5.41) is 0. The molecule has 0 unspecified atom stereocenters. The first-order valence-corrected chi connectivity index (χ1v) is 10.7. The lowest BCUT2D eigenvalue weighted by Crippen LogP contribution is -2.12. The number of unbranched alkanes of at least 4 members (excludes halogenated alkanes) is 13. The zero-order valence-corrected chi connectivity index (χ0v) is 16.7. The Morgan fingerprint density at radius 1 is 0.889 bits per heavy atom. The minimum absolute atomic E-state index is 0.146. The first-order chi connectivity index (χ1) is 13.2. The molecule has 0 aromatic carbocycles. The second-order valence-electron chi connectivity index (χ2n) is 7.51. The summed E-state index contributed by atoms with van der Waals surface area (Å²) in [4.78, 5) is 22.6. The van der Waals surface area contributed by atoms with Gasteiger partial charge in [-0.2, -0.15) is 4.98 Å². The van der Waals surface area contributed by atoms with E-state index in [1.807, 2.05) is 4.57 Å². The van der Waals surface area contributed by atoms with Gasteiger partial charge in [-0.05, 0) is 6.42 Å². The molecule has 0 bridgehead atoms. The molecule has 0 saturated carbocycles. The van der Waals surface area contributed by atoms with E-state index < -0.39 is 0 Å². The van der Waals surface area contributed by atoms with Gasteiger partial charge in [0, 0.05) is 6.54 Å². The molecule has 151 valence electrons. The fourth-order valence-electron chi connectivity index (χ4n) is 3.54. The van der Waals surface area contributed by atoms with Gasteiger partial charge in [-0.15, -0.1) is 0 Å². The van der Waals surface area contributed by atoms with Gasteiger partial charge in [0.05, 0.1) is 6.33 Å². The Morgan fingerprint density at radius 3 is 1.96 bits per heavy atom. The van der Waals surface area contributed by atoms with E-state index in [2.05, 4.69) is 21.9 Å². The van der Waals surface area contributed by atoms with Crippen molar-refractivity contribution < 1.29 is 0 Å². The van der Waals surface area contributed by atoms with E-state index in [9.17, 15) is 4.79 Å². The van der Waals surface area contributed by atoms with Gasteiger partial charge in [-0.25, -0.2) is 4.98 Å². The summed E-state index contributed by atoms with van der Waals surface area (Å²) in [5.74, 6) is 0.146. The summed E-state index contributed by atoms with van der Waals surface area (Å²) < 4.78 is 1.93. The lowest BCUT2D eigenvalue weighted by Gasteiger charge is -2.05. The van der Waals surface area contributed by atoms with Crippen LogP contribution in [-0.4, -0.2) is 19.5 Å². The third-order valence-electron chi connectivity index (χ3n) is 5.14. The number of imidazole rings is 1. The van der Waals surface area contributed by atoms with Crippen LogP contribution in [0, 0.1) is 6.92 Å². The summed E-state index contributed by atoms with van der Waals surface area (Å²) in [6, 6.07) is 0. The summed E-state index contributed by atoms with van der Waals surface area (Å²) in [5.41, 5.74) is 6.31. The largest absolute Gasteiger partial charge is 0.369 e. The van der Waals surface area contributed by atoms with E-state index in [4.69, 9.17) is 5.73 Å². The molecule has 6 heteroatoms. The topological polar surface area (TPSA) is 89.6 Å². The van der Waals surface area contributed by atoms with Gasteiger partial charge in [-0.3, -0.25) is 9.78 Å². The highest BCUT2D eigenvalue weighted by Crippen LogP contribution is 2.14. The Hall–Kier alpha value is -1.85. The van der Waals surface area contributed by atoms with Gasteiger partial charge in [0.25, 0.3) is 5.56 Å². The molecule has 0 spiro atoms. The molecule has 0 aliphatic carbocycles. The normalized spacial score (nSPS) is 11.4. The number of nitrogen functional groups attached to an aromatic ring is 1. The van der Waals surface area contributed by atoms with Crippen molar-refractivity contribution in [1.82, 2.24) is 19.5 Å². The molecule has 2 aromatic rings. The van der Waals surface area contributed by atoms with Gasteiger partial charge in [0.2, 0.25) is 5.95 Å². The second-order valence-corrected chi connectivity index (χ2v) is 7.51. The van der Waals surface area contributed by atoms with E-state index in [1.165, 1.54) is 77.0 Å². The van der Waals surface area contributed by atoms with Gasteiger partial charge in [0.15, 0.2) is 11.2 Å². The Balaban J connectivity index is 1.47. The summed E-state index contributed by atoms with van der Waals surface area (Å²) in [6.45, 7) is 4.72. The van der Waals surface area contributed by atoms with Crippen LogP contribution in [0.25, 0.3) is 11.2 Å². The molecule has 0 amide bonds. The predicted octanol–water partition coefficient (Wildman–Crippen LogP) is 5.00. The molecule has 2 heterocycles. The van der Waals surface area contributed by atoms with E-state index >= 15 is 0 Å². The Kier molecular flexibility index (Phi) is 9.95. The second kappa shape index (κ2) is 12.5. The lowest BCUT2D eigenvalue weighted by atomic mass is 10.0. The third-order valence-corrected chi connectivity index (χ3v) is 5.14. The van der Waals surface area contributed by atoms with Crippen molar-refractivity contribution >= 4 is 17.1 Å². The van der Waals surface area contributed by atoms with Crippen LogP contribution in [0.3, 0.4) is 0 Å². The van der Waals surface area contributed by atoms with E-state index in [0.29, 0.717) is 11.2 Å². The number of nitrogens with one attached hydrogen (secondary N) is 1. The van der Waals surface area contributed by atoms with Crippen LogP contribution in [0.4, 0.5) is 5.95 Å². The number of H-pyrrole nitrogens is 1. The van der Waals surface area contributed by atoms with Crippen LogP contribution < -0.4 is 11.3 Å². The van der Waals surface area contributed by atoms with Crippen molar-refractivity contribution in [3.05, 3.63) is 23.6 Å². The van der Waals surface area contributed by atoms with Crippen LogP contribution >= 0.6 is 0 Å². The van der Waals surface area contributed by atoms with E-state index in [1.54, 1.807) is 6.33 Å². The SMILES string of the molecule is [CH2]CCCCCCCCCCCCCCCn1cnc2c(=O)[nH]c(N)nc21. The molecule has 0 atom stereocenters. The third kappa shape index (κ3) is 7.73. The summed E-state index contributed by atoms with van der Waals surface area (Å²) >= 11 is 0. The molecular formula is C21H36N5O. The number of rotatable bonds is 15. The highest BCUT2D eigenvalue weighted by molar-refractivity contribution is 5.70. The molecule has 0 aliphatic rings. The van der Waals surface area contributed by atoms with Gasteiger partial charge in [0.1, 0.15) is 0 Å². The fourth-order valence-corrected chi connectivity index (χ4v) is 3.54. The van der Waals surface area contributed by atoms with Crippen molar-refractivity contribution in [3.8, 4) is 0 Å². The number of nitrogens with two attached hydrogens (primary N) is 1. The van der Waals surface area contributed by atoms with Crippen molar-refractivity contribution in [3.63, 3.8) is 0 Å². The number of fused-ring (bicyclic) bond motifs is 1. The standard InChI is InChI=1S/C21H36N5O/c1-2-3-4-5-6-7-8-9-10-11-12-13-14-15-16-26-17-23-18-19(26)24-21(22)25-20(18)27/h17H,1-16H2,(H3,22,24,25,27). The Morgan fingerprint density at radius 2 is 1.41 bits per heavy atom. The highest BCUT2D eigenvalue weighted by Gasteiger charge is 2.08. The number of nitrogens with zero attached hydrogens (tertiary/aromatic N) is 3. The maximum atomic E-state index is 11.8. The van der Waals surface area contributed by atoms with E-state index in [-0.39, 0.29) is 11.5 Å². The smallest absolute Gasteiger partial charge is 0.280 e. The Bertz CT molecular complexity index is 706. The Labute approximate surface area is 163 Å². The summed E-state index contributed by atoms with van der Waals surface area (Å²) in [6.07, 6.45) is 20.0. The molecular weight excluding hydrogens is 338 g/mol. The van der Waals surface area contributed by atoms with Crippen LogP contribution in [0.5, 0.6) is 0 Å². The molecule has 2 aromatic heterocycles. The van der Waals surface area contributed by atoms with Crippen molar-refractivity contribution in [2.24, 2.45) is 0 Å². The average molecular weight is 375 g/mol. The van der Waals surface area contributed by atoms with Crippen LogP contribution in [0.1, 0.15) is 89.9 Å². The monoisotopic (exact) mass is 374 g/mol. The number of aromatic amines is 1. The van der Waals surface area contributed by atoms with Gasteiger partial charge in [-0.1, -0.05) is 90.4 Å². The molecule has 1 radical (unpaired) electrons. The molecule has 2 rings (SSSR count). The maximum absolute atomic E-state index is 11.8. The van der Waals surface area contributed by atoms with Gasteiger partial charge >= 0.3 is 0 Å². The van der Waals surface area contributed by atoms with Gasteiger partial charge < -0.3 is 10.3 Å². The zero-order valence-electron chi connectivity index (χ0n) is 16.7. The lowest BCUT2D eigenvalue weighted by molar-refractivity contribution is 0.526. The average Bonchev–Trinajstić information content (AvgIpc) is 3.05. The zero-order chi connectivity index (χ0) is 19.3. The van der Waals surface area contributed by atoms with Crippen molar-refractivity contribution in [2.45, 2.75) is 96.4 Å². The van der Waals surface area contributed by atoms with E-state index in [0.717, 1.165) is 19.4 Å². The number of hydrogen-bond donors (Lipinski definition) is 2. The number of aryl methyl sites for hydroxylation is 1. The molecule has 0 fully saturated rings. The minimum Gasteiger partial charge on any atom is -0.369 e. The predicted molar refractivity (Wildman–Crippen MR) is 113 cm³/mol. The first-order valence-electron chi connectivity index (χ1n) is 10.7. The van der Waals surface area contributed by atoms with Crippen LogP contribution in [0.15, 0.2) is 11.1 Å². The quantitative estimate of drug-likeness (QED) is 0.429. The fraction of sp³-hybridized carbons (Fsp3) is 0.714. The molecule has 27 heavy (non-hydrogen) atoms. The minimum atomic E-state index is -0.269. The van der Waals surface area contributed by atoms with Crippen molar-refractivity contribution in [2.75, 3.05) is 5.73 Å². The number of anilines is 1.